The minimum absolute atomic E-state index is 0.0356. The van der Waals surface area contributed by atoms with Crippen LogP contribution in [-0.4, -0.2) is 17.5 Å². The van der Waals surface area contributed by atoms with Gasteiger partial charge in [0.1, 0.15) is 10.8 Å². The van der Waals surface area contributed by atoms with Gasteiger partial charge in [-0.15, -0.1) is 11.3 Å². The maximum absolute atomic E-state index is 12.1. The molecule has 0 aliphatic carbocycles. The van der Waals surface area contributed by atoms with Crippen LogP contribution in [0.4, 0.5) is 0 Å². The summed E-state index contributed by atoms with van der Waals surface area (Å²) < 4.78 is 5.62. The van der Waals surface area contributed by atoms with Crippen LogP contribution in [0.2, 0.25) is 0 Å². The van der Waals surface area contributed by atoms with E-state index >= 15 is 0 Å². The Hall–Kier alpha value is -3.44. The van der Waals surface area contributed by atoms with Crippen molar-refractivity contribution in [2.24, 2.45) is 0 Å². The number of nitrogens with zero attached hydrogens (tertiary/aromatic N) is 1. The molecule has 0 saturated carbocycles. The number of ether oxygens (including phenoxy) is 1. The number of para-hydroxylation sites is 1. The average molecular weight is 443 g/mol. The molecule has 1 amide bonds. The fourth-order valence-electron chi connectivity index (χ4n) is 3.26. The Morgan fingerprint density at radius 3 is 2.41 bits per heavy atom. The second kappa shape index (κ2) is 10.7. The van der Waals surface area contributed by atoms with Gasteiger partial charge in [-0.05, 0) is 31.0 Å². The Morgan fingerprint density at radius 1 is 0.938 bits per heavy atom. The van der Waals surface area contributed by atoms with E-state index < -0.39 is 0 Å². The molecule has 1 N–H and O–H groups in total. The van der Waals surface area contributed by atoms with Crippen molar-refractivity contribution in [3.8, 4) is 27.6 Å². The lowest BCUT2D eigenvalue weighted by Crippen LogP contribution is -2.22. The Morgan fingerprint density at radius 2 is 1.66 bits per heavy atom. The summed E-state index contributed by atoms with van der Waals surface area (Å²) in [5.74, 6) is 0.868. The van der Waals surface area contributed by atoms with E-state index in [1.54, 1.807) is 11.3 Å². The van der Waals surface area contributed by atoms with E-state index in [2.05, 4.69) is 54.0 Å². The van der Waals surface area contributed by atoms with E-state index in [9.17, 15) is 4.79 Å². The number of hydrogen-bond acceptors (Lipinski definition) is 4. The van der Waals surface area contributed by atoms with Gasteiger partial charge >= 0.3 is 0 Å². The first-order valence-corrected chi connectivity index (χ1v) is 11.6. The highest BCUT2D eigenvalue weighted by Crippen LogP contribution is 2.29. The van der Waals surface area contributed by atoms with Gasteiger partial charge in [0.15, 0.2) is 0 Å². The second-order valence-corrected chi connectivity index (χ2v) is 8.50. The molecule has 0 atom stereocenters. The Balaban J connectivity index is 1.23. The highest BCUT2D eigenvalue weighted by atomic mass is 32.1. The third-order valence-corrected chi connectivity index (χ3v) is 5.99. The fourth-order valence-corrected chi connectivity index (χ4v) is 4.09. The number of carbonyl (C=O) groups excluding carboxylic acids is 1. The van der Waals surface area contributed by atoms with E-state index in [1.807, 2.05) is 42.5 Å². The van der Waals surface area contributed by atoms with Gasteiger partial charge in [0, 0.05) is 29.5 Å². The molecule has 4 nitrogen and oxygen atoms in total. The van der Waals surface area contributed by atoms with E-state index in [-0.39, 0.29) is 5.91 Å². The molecule has 3 aromatic carbocycles. The summed E-state index contributed by atoms with van der Waals surface area (Å²) in [5.41, 5.74) is 5.52. The third kappa shape index (κ3) is 6.05. The van der Waals surface area contributed by atoms with Crippen molar-refractivity contribution in [2.75, 3.05) is 6.61 Å². The van der Waals surface area contributed by atoms with E-state index in [0.717, 1.165) is 33.1 Å². The molecule has 0 saturated heterocycles. The van der Waals surface area contributed by atoms with E-state index in [1.165, 1.54) is 5.56 Å². The van der Waals surface area contributed by atoms with Crippen molar-refractivity contribution in [2.45, 2.75) is 26.3 Å². The van der Waals surface area contributed by atoms with Gasteiger partial charge < -0.3 is 10.1 Å². The van der Waals surface area contributed by atoms with Crippen molar-refractivity contribution in [1.29, 1.82) is 0 Å². The summed E-state index contributed by atoms with van der Waals surface area (Å²) in [4.78, 5) is 16.9. The van der Waals surface area contributed by atoms with Crippen LogP contribution in [-0.2, 0) is 11.3 Å². The normalized spacial score (nSPS) is 10.7. The van der Waals surface area contributed by atoms with Crippen LogP contribution < -0.4 is 10.1 Å². The number of nitrogens with one attached hydrogen (secondary N) is 1. The summed E-state index contributed by atoms with van der Waals surface area (Å²) >= 11 is 1.64. The zero-order valence-electron chi connectivity index (χ0n) is 18.1. The van der Waals surface area contributed by atoms with E-state index in [0.29, 0.717) is 26.0 Å². The summed E-state index contributed by atoms with van der Waals surface area (Å²) in [6, 6.07) is 26.3. The minimum Gasteiger partial charge on any atom is -0.494 e. The van der Waals surface area contributed by atoms with Gasteiger partial charge in [-0.3, -0.25) is 4.79 Å². The number of aryl methyl sites for hydroxylation is 1. The highest BCUT2D eigenvalue weighted by Gasteiger charge is 2.07. The molecule has 0 fully saturated rings. The lowest BCUT2D eigenvalue weighted by molar-refractivity contribution is -0.121. The highest BCUT2D eigenvalue weighted by molar-refractivity contribution is 7.13. The van der Waals surface area contributed by atoms with Crippen molar-refractivity contribution >= 4 is 17.2 Å². The van der Waals surface area contributed by atoms with Crippen LogP contribution in [0, 0.1) is 6.92 Å². The molecule has 5 heteroatoms. The van der Waals surface area contributed by atoms with Crippen molar-refractivity contribution in [1.82, 2.24) is 10.3 Å². The summed E-state index contributed by atoms with van der Waals surface area (Å²) in [5, 5.41) is 6.07. The van der Waals surface area contributed by atoms with Gasteiger partial charge in [0.2, 0.25) is 5.91 Å². The van der Waals surface area contributed by atoms with Crippen LogP contribution in [0.1, 0.15) is 24.0 Å². The molecule has 0 aliphatic heterocycles. The third-order valence-electron chi connectivity index (χ3n) is 5.10. The SMILES string of the molecule is Cc1ccc(-c2csc(-c3ccc(CNC(=O)CCCOc4ccccc4)cc3)n2)cc1. The van der Waals surface area contributed by atoms with Crippen LogP contribution >= 0.6 is 11.3 Å². The average Bonchev–Trinajstić information content (AvgIpc) is 3.32. The number of benzene rings is 3. The van der Waals surface area contributed by atoms with Crippen LogP contribution in [0.5, 0.6) is 5.75 Å². The Labute approximate surface area is 192 Å². The van der Waals surface area contributed by atoms with Gasteiger partial charge in [0.05, 0.1) is 12.3 Å². The molecule has 0 spiro atoms. The van der Waals surface area contributed by atoms with E-state index in [4.69, 9.17) is 9.72 Å². The first-order valence-electron chi connectivity index (χ1n) is 10.7. The molecule has 4 rings (SSSR count). The van der Waals surface area contributed by atoms with Gasteiger partial charge in [0.25, 0.3) is 0 Å². The first-order chi connectivity index (χ1) is 15.7. The van der Waals surface area contributed by atoms with Crippen LogP contribution in [0.25, 0.3) is 21.8 Å². The molecule has 162 valence electrons. The summed E-state index contributed by atoms with van der Waals surface area (Å²) in [7, 11) is 0. The molecule has 0 radical (unpaired) electrons. The maximum atomic E-state index is 12.1. The number of amides is 1. The largest absolute Gasteiger partial charge is 0.494 e. The topological polar surface area (TPSA) is 51.2 Å². The number of aromatic nitrogens is 1. The molecule has 0 bridgehead atoms. The Kier molecular flexibility index (Phi) is 7.31. The lowest BCUT2D eigenvalue weighted by Gasteiger charge is -2.07. The van der Waals surface area contributed by atoms with Crippen LogP contribution in [0.15, 0.2) is 84.2 Å². The number of hydrogen-bond donors (Lipinski definition) is 1. The predicted octanol–water partition coefficient (Wildman–Crippen LogP) is 6.26. The first kappa shape index (κ1) is 21.8. The Bertz CT molecular complexity index is 1140. The molecule has 4 aromatic rings. The lowest BCUT2D eigenvalue weighted by atomic mass is 10.1. The maximum Gasteiger partial charge on any atom is 0.220 e. The monoisotopic (exact) mass is 442 g/mol. The molecule has 1 heterocycles. The van der Waals surface area contributed by atoms with Crippen molar-refractivity contribution in [3.63, 3.8) is 0 Å². The van der Waals surface area contributed by atoms with Gasteiger partial charge in [-0.25, -0.2) is 4.98 Å². The predicted molar refractivity (Wildman–Crippen MR) is 131 cm³/mol. The molecule has 32 heavy (non-hydrogen) atoms. The van der Waals surface area contributed by atoms with Crippen LogP contribution in [0.3, 0.4) is 0 Å². The summed E-state index contributed by atoms with van der Waals surface area (Å²) in [6.45, 7) is 3.14. The zero-order valence-corrected chi connectivity index (χ0v) is 18.9. The zero-order chi connectivity index (χ0) is 22.2. The smallest absolute Gasteiger partial charge is 0.220 e. The number of thiazole rings is 1. The van der Waals surface area contributed by atoms with Gasteiger partial charge in [-0.2, -0.15) is 0 Å². The number of carbonyl (C=O) groups is 1. The van der Waals surface area contributed by atoms with Crippen molar-refractivity contribution in [3.05, 3.63) is 95.4 Å². The fraction of sp³-hybridized carbons (Fsp3) is 0.185. The molecule has 0 unspecified atom stereocenters. The molecular formula is C27H26N2O2S. The molecular weight excluding hydrogens is 416 g/mol. The minimum atomic E-state index is 0.0356. The standard InChI is InChI=1S/C27H26N2O2S/c1-20-9-13-22(14-10-20)25-19-32-27(29-25)23-15-11-21(12-16-23)18-28-26(30)8-5-17-31-24-6-3-2-4-7-24/h2-4,6-7,9-16,19H,5,8,17-18H2,1H3,(H,28,30). The second-order valence-electron chi connectivity index (χ2n) is 7.64. The summed E-state index contributed by atoms with van der Waals surface area (Å²) in [6.07, 6.45) is 1.14. The van der Waals surface area contributed by atoms with Crippen molar-refractivity contribution < 1.29 is 9.53 Å². The molecule has 1 aromatic heterocycles. The van der Waals surface area contributed by atoms with Gasteiger partial charge in [-0.1, -0.05) is 72.3 Å². The number of rotatable bonds is 9. The quantitative estimate of drug-likeness (QED) is 0.311. The molecule has 0 aliphatic rings.